The minimum absolute atomic E-state index is 0.671. The van der Waals surface area contributed by atoms with E-state index < -0.39 is 0 Å². The Morgan fingerprint density at radius 2 is 2.15 bits per heavy atom. The first-order valence-electron chi connectivity index (χ1n) is 6.59. The van der Waals surface area contributed by atoms with Gasteiger partial charge >= 0.3 is 0 Å². The van der Waals surface area contributed by atoms with Crippen molar-refractivity contribution in [1.29, 1.82) is 0 Å². The molecule has 0 amide bonds. The van der Waals surface area contributed by atoms with Crippen LogP contribution in [-0.4, -0.2) is 16.7 Å². The van der Waals surface area contributed by atoms with Crippen molar-refractivity contribution in [3.05, 3.63) is 53.2 Å². The van der Waals surface area contributed by atoms with Crippen LogP contribution in [0.5, 0.6) is 0 Å². The molecule has 4 nitrogen and oxygen atoms in total. The summed E-state index contributed by atoms with van der Waals surface area (Å²) in [5.74, 6) is 1.35. The van der Waals surface area contributed by atoms with E-state index in [1.54, 1.807) is 11.3 Å². The maximum atomic E-state index is 5.37. The summed E-state index contributed by atoms with van der Waals surface area (Å²) in [7, 11) is 0. The van der Waals surface area contributed by atoms with Gasteiger partial charge in [0.05, 0.1) is 11.4 Å². The zero-order valence-corrected chi connectivity index (χ0v) is 11.6. The van der Waals surface area contributed by atoms with Crippen molar-refractivity contribution in [3.8, 4) is 10.7 Å². The first kappa shape index (κ1) is 11.7. The van der Waals surface area contributed by atoms with E-state index in [-0.39, 0.29) is 0 Å². The third-order valence-corrected chi connectivity index (χ3v) is 4.38. The van der Waals surface area contributed by atoms with Crippen LogP contribution in [-0.2, 0) is 13.0 Å². The predicted molar refractivity (Wildman–Crippen MR) is 78.8 cm³/mol. The summed E-state index contributed by atoms with van der Waals surface area (Å²) in [6.45, 7) is 1.69. The zero-order valence-electron chi connectivity index (χ0n) is 10.8. The van der Waals surface area contributed by atoms with Gasteiger partial charge in [-0.25, -0.2) is 0 Å². The lowest BCUT2D eigenvalue weighted by atomic mass is 10.2. The number of thiophene rings is 1. The van der Waals surface area contributed by atoms with Crippen LogP contribution < -0.4 is 4.90 Å². The molecule has 0 radical (unpaired) electrons. The lowest BCUT2D eigenvalue weighted by molar-refractivity contribution is 0.377. The minimum Gasteiger partial charge on any atom is -0.362 e. The lowest BCUT2D eigenvalue weighted by Gasteiger charge is -2.16. The molecule has 0 spiro atoms. The largest absolute Gasteiger partial charge is 0.362 e. The fraction of sp³-hybridized carbons (Fsp3) is 0.200. The zero-order chi connectivity index (χ0) is 13.4. The number of fused-ring (bicyclic) bond motifs is 1. The number of rotatable bonds is 3. The van der Waals surface area contributed by atoms with Gasteiger partial charge in [0.1, 0.15) is 0 Å². The van der Waals surface area contributed by atoms with Crippen LogP contribution in [0.1, 0.15) is 11.5 Å². The van der Waals surface area contributed by atoms with Crippen LogP contribution in [0.15, 0.2) is 46.3 Å². The number of hydrogen-bond acceptors (Lipinski definition) is 5. The molecule has 0 N–H and O–H groups in total. The highest BCUT2D eigenvalue weighted by molar-refractivity contribution is 7.13. The molecule has 5 heteroatoms. The van der Waals surface area contributed by atoms with Crippen molar-refractivity contribution in [2.75, 3.05) is 11.4 Å². The summed E-state index contributed by atoms with van der Waals surface area (Å²) in [6.07, 6.45) is 1.09. The van der Waals surface area contributed by atoms with Gasteiger partial charge in [0, 0.05) is 12.2 Å². The molecular weight excluding hydrogens is 270 g/mol. The number of nitrogens with zero attached hydrogens (tertiary/aromatic N) is 3. The molecule has 0 unspecified atom stereocenters. The van der Waals surface area contributed by atoms with Gasteiger partial charge in [-0.15, -0.1) is 11.3 Å². The molecule has 0 fully saturated rings. The minimum atomic E-state index is 0.671. The van der Waals surface area contributed by atoms with Crippen molar-refractivity contribution in [3.63, 3.8) is 0 Å². The summed E-state index contributed by atoms with van der Waals surface area (Å²) in [4.78, 5) is 7.82. The van der Waals surface area contributed by atoms with E-state index in [0.29, 0.717) is 18.3 Å². The van der Waals surface area contributed by atoms with Crippen LogP contribution in [0.2, 0.25) is 0 Å². The van der Waals surface area contributed by atoms with Crippen molar-refractivity contribution in [2.45, 2.75) is 13.0 Å². The third kappa shape index (κ3) is 2.00. The van der Waals surface area contributed by atoms with Crippen LogP contribution in [0, 0.1) is 0 Å². The van der Waals surface area contributed by atoms with Gasteiger partial charge in [0.15, 0.2) is 0 Å². The van der Waals surface area contributed by atoms with Gasteiger partial charge in [-0.3, -0.25) is 0 Å². The molecule has 100 valence electrons. The second-order valence-electron chi connectivity index (χ2n) is 4.79. The highest BCUT2D eigenvalue weighted by Gasteiger charge is 2.20. The summed E-state index contributed by atoms with van der Waals surface area (Å²) < 4.78 is 5.37. The van der Waals surface area contributed by atoms with Gasteiger partial charge in [-0.05, 0) is 29.5 Å². The van der Waals surface area contributed by atoms with Gasteiger partial charge < -0.3 is 9.42 Å². The molecule has 0 bridgehead atoms. The van der Waals surface area contributed by atoms with Crippen molar-refractivity contribution in [2.24, 2.45) is 0 Å². The molecule has 0 atom stereocenters. The SMILES string of the molecule is c1csc(-c2noc(CN3CCc4ccccc43)n2)c1. The fourth-order valence-corrected chi connectivity index (χ4v) is 3.21. The third-order valence-electron chi connectivity index (χ3n) is 3.52. The Hall–Kier alpha value is -2.14. The molecule has 4 rings (SSSR count). The molecular formula is C15H13N3OS. The number of aromatic nitrogens is 2. The Labute approximate surface area is 120 Å². The van der Waals surface area contributed by atoms with Crippen molar-refractivity contribution < 1.29 is 4.52 Å². The van der Waals surface area contributed by atoms with E-state index in [4.69, 9.17) is 4.52 Å². The Kier molecular flexibility index (Phi) is 2.77. The standard InChI is InChI=1S/C15H13N3OS/c1-2-5-12-11(4-1)7-8-18(12)10-14-16-15(17-19-14)13-6-3-9-20-13/h1-6,9H,7-8,10H2. The van der Waals surface area contributed by atoms with Crippen molar-refractivity contribution in [1.82, 2.24) is 10.1 Å². The highest BCUT2D eigenvalue weighted by Crippen LogP contribution is 2.29. The Balaban J connectivity index is 1.56. The van der Waals surface area contributed by atoms with Crippen LogP contribution in [0.4, 0.5) is 5.69 Å². The normalized spacial score (nSPS) is 13.7. The predicted octanol–water partition coefficient (Wildman–Crippen LogP) is 3.36. The molecule has 1 aromatic carbocycles. The molecule has 20 heavy (non-hydrogen) atoms. The number of benzene rings is 1. The second kappa shape index (κ2) is 4.76. The smallest absolute Gasteiger partial charge is 0.246 e. The summed E-state index contributed by atoms with van der Waals surface area (Å²) in [5, 5.41) is 6.07. The van der Waals surface area contributed by atoms with Gasteiger partial charge in [-0.2, -0.15) is 4.98 Å². The maximum Gasteiger partial charge on any atom is 0.246 e. The molecule has 3 heterocycles. The van der Waals surface area contributed by atoms with E-state index in [1.165, 1.54) is 11.3 Å². The van der Waals surface area contributed by atoms with Crippen LogP contribution in [0.3, 0.4) is 0 Å². The quantitative estimate of drug-likeness (QED) is 0.739. The van der Waals surface area contributed by atoms with E-state index in [0.717, 1.165) is 17.8 Å². The van der Waals surface area contributed by atoms with E-state index in [9.17, 15) is 0 Å². The number of hydrogen-bond donors (Lipinski definition) is 0. The molecule has 0 aliphatic carbocycles. The van der Waals surface area contributed by atoms with Gasteiger partial charge in [0.25, 0.3) is 0 Å². The van der Waals surface area contributed by atoms with Crippen molar-refractivity contribution >= 4 is 17.0 Å². The topological polar surface area (TPSA) is 42.2 Å². The van der Waals surface area contributed by atoms with Crippen LogP contribution in [0.25, 0.3) is 10.7 Å². The molecule has 1 aliphatic rings. The second-order valence-corrected chi connectivity index (χ2v) is 5.74. The van der Waals surface area contributed by atoms with E-state index >= 15 is 0 Å². The Morgan fingerprint density at radius 3 is 3.05 bits per heavy atom. The first-order chi connectivity index (χ1) is 9.90. The molecule has 0 saturated heterocycles. The average Bonchev–Trinajstić information content (AvgIpc) is 3.19. The highest BCUT2D eigenvalue weighted by atomic mass is 32.1. The molecule has 0 saturated carbocycles. The van der Waals surface area contributed by atoms with Crippen LogP contribution >= 0.6 is 11.3 Å². The molecule has 3 aromatic rings. The summed E-state index contributed by atoms with van der Waals surface area (Å²) in [6, 6.07) is 12.5. The maximum absolute atomic E-state index is 5.37. The lowest BCUT2D eigenvalue weighted by Crippen LogP contribution is -2.19. The Morgan fingerprint density at radius 1 is 1.20 bits per heavy atom. The Bertz CT molecular complexity index is 720. The average molecular weight is 283 g/mol. The number of para-hydroxylation sites is 1. The summed E-state index contributed by atoms with van der Waals surface area (Å²) >= 11 is 1.62. The first-order valence-corrected chi connectivity index (χ1v) is 7.47. The van der Waals surface area contributed by atoms with Gasteiger partial charge in [0.2, 0.25) is 11.7 Å². The molecule has 1 aliphatic heterocycles. The van der Waals surface area contributed by atoms with Gasteiger partial charge in [-0.1, -0.05) is 29.4 Å². The fourth-order valence-electron chi connectivity index (χ4n) is 2.56. The number of anilines is 1. The monoisotopic (exact) mass is 283 g/mol. The molecule has 2 aromatic heterocycles. The van der Waals surface area contributed by atoms with E-state index in [2.05, 4.69) is 39.3 Å². The van der Waals surface area contributed by atoms with E-state index in [1.807, 2.05) is 17.5 Å². The summed E-state index contributed by atoms with van der Waals surface area (Å²) in [5.41, 5.74) is 2.67.